The Morgan fingerprint density at radius 1 is 1.25 bits per heavy atom. The highest BCUT2D eigenvalue weighted by molar-refractivity contribution is 5.29. The van der Waals surface area contributed by atoms with Gasteiger partial charge in [-0.05, 0) is 24.1 Å². The van der Waals surface area contributed by atoms with Crippen molar-refractivity contribution in [2.24, 2.45) is 5.73 Å². The maximum Gasteiger partial charge on any atom is 0.461 e. The zero-order valence-electron chi connectivity index (χ0n) is 10.9. The smallest absolute Gasteiger partial charge is 0.428 e. The molecule has 0 aliphatic rings. The van der Waals surface area contributed by atoms with Crippen molar-refractivity contribution in [2.45, 2.75) is 44.4 Å². The van der Waals surface area contributed by atoms with E-state index in [1.54, 1.807) is 0 Å². The van der Waals surface area contributed by atoms with Crippen LogP contribution in [0.5, 0.6) is 5.75 Å². The van der Waals surface area contributed by atoms with Crippen LogP contribution < -0.4 is 10.5 Å². The Morgan fingerprint density at radius 3 is 2.25 bits per heavy atom. The fraction of sp³-hybridized carbons (Fsp3) is 0.538. The molecule has 2 atom stereocenters. The fourth-order valence-corrected chi connectivity index (χ4v) is 1.66. The number of ether oxygens (including phenoxy) is 1. The van der Waals surface area contributed by atoms with Crippen molar-refractivity contribution < 1.29 is 27.4 Å². The summed E-state index contributed by atoms with van der Waals surface area (Å²) in [5.74, 6) is -0.392. The van der Waals surface area contributed by atoms with Crippen molar-refractivity contribution in [3.63, 3.8) is 0 Å². The Labute approximate surface area is 114 Å². The van der Waals surface area contributed by atoms with Gasteiger partial charge in [0.05, 0.1) is 12.1 Å². The highest BCUT2D eigenvalue weighted by Gasteiger charge is 2.43. The summed E-state index contributed by atoms with van der Waals surface area (Å²) in [5, 5.41) is 9.72. The van der Waals surface area contributed by atoms with E-state index in [1.165, 1.54) is 12.1 Å². The molecular formula is C13H17F4NO2. The van der Waals surface area contributed by atoms with E-state index in [9.17, 15) is 22.7 Å². The summed E-state index contributed by atoms with van der Waals surface area (Å²) < 4.78 is 53.2. The minimum Gasteiger partial charge on any atom is -0.428 e. The summed E-state index contributed by atoms with van der Waals surface area (Å²) in [6.45, 7) is 1.89. The largest absolute Gasteiger partial charge is 0.461 e. The molecule has 1 aromatic carbocycles. The molecule has 0 aliphatic carbocycles. The number of aliphatic hydroxyl groups is 1. The monoisotopic (exact) mass is 295 g/mol. The molecule has 0 saturated heterocycles. The Kier molecular flexibility index (Phi) is 5.76. The second-order valence-corrected chi connectivity index (χ2v) is 4.42. The van der Waals surface area contributed by atoms with Crippen molar-refractivity contribution in [3.05, 3.63) is 29.8 Å². The first kappa shape index (κ1) is 16.7. The minimum atomic E-state index is -4.54. The number of nitrogens with two attached hydrogens (primary N) is 1. The van der Waals surface area contributed by atoms with Crippen LogP contribution in [0.15, 0.2) is 24.3 Å². The zero-order chi connectivity index (χ0) is 15.3. The van der Waals surface area contributed by atoms with Gasteiger partial charge in [0.1, 0.15) is 5.75 Å². The molecule has 1 rings (SSSR count). The maximum atomic E-state index is 12.7. The van der Waals surface area contributed by atoms with Gasteiger partial charge in [0.2, 0.25) is 0 Å². The molecule has 0 bridgehead atoms. The van der Waals surface area contributed by atoms with Gasteiger partial charge in [-0.15, -0.1) is 0 Å². The van der Waals surface area contributed by atoms with Crippen molar-refractivity contribution in [1.29, 1.82) is 0 Å². The van der Waals surface area contributed by atoms with E-state index < -0.39 is 30.4 Å². The predicted octanol–water partition coefficient (Wildman–Crippen LogP) is 3.08. The fourth-order valence-electron chi connectivity index (χ4n) is 1.66. The standard InChI is InChI=1S/C13H17F4NO2/c1-2-3-10(19)11(18)8-4-6-9(7-5-8)20-13(16,17)12(14)15/h4-7,10-12,19H,2-3,18H2,1H3/t10-,11+/m1/s1. The Morgan fingerprint density at radius 2 is 1.80 bits per heavy atom. The second-order valence-electron chi connectivity index (χ2n) is 4.42. The summed E-state index contributed by atoms with van der Waals surface area (Å²) >= 11 is 0. The van der Waals surface area contributed by atoms with Gasteiger partial charge in [-0.1, -0.05) is 25.5 Å². The number of hydrogen-bond acceptors (Lipinski definition) is 3. The first-order chi connectivity index (χ1) is 9.27. The molecule has 1 aromatic rings. The Hall–Kier alpha value is -1.34. The Balaban J connectivity index is 2.74. The van der Waals surface area contributed by atoms with Gasteiger partial charge < -0.3 is 15.6 Å². The summed E-state index contributed by atoms with van der Waals surface area (Å²) in [6.07, 6.45) is -7.95. The van der Waals surface area contributed by atoms with Crippen LogP contribution in [-0.4, -0.2) is 23.7 Å². The molecule has 0 spiro atoms. The van der Waals surface area contributed by atoms with Crippen LogP contribution in [0.3, 0.4) is 0 Å². The molecule has 3 nitrogen and oxygen atoms in total. The lowest BCUT2D eigenvalue weighted by atomic mass is 9.99. The maximum absolute atomic E-state index is 12.7. The molecule has 20 heavy (non-hydrogen) atoms. The molecule has 114 valence electrons. The molecule has 0 aromatic heterocycles. The van der Waals surface area contributed by atoms with Gasteiger partial charge >= 0.3 is 12.5 Å². The Bertz CT molecular complexity index is 411. The van der Waals surface area contributed by atoms with Gasteiger partial charge in [0.15, 0.2) is 0 Å². The molecule has 0 saturated carbocycles. The third kappa shape index (κ3) is 4.35. The SMILES string of the molecule is CCC[C@@H](O)[C@@H](N)c1ccc(OC(F)(F)C(F)F)cc1. The molecule has 0 unspecified atom stereocenters. The third-order valence-electron chi connectivity index (χ3n) is 2.77. The van der Waals surface area contributed by atoms with E-state index in [-0.39, 0.29) is 0 Å². The van der Waals surface area contributed by atoms with E-state index in [2.05, 4.69) is 4.74 Å². The van der Waals surface area contributed by atoms with Gasteiger partial charge in [0.25, 0.3) is 0 Å². The summed E-state index contributed by atoms with van der Waals surface area (Å²) in [7, 11) is 0. The quantitative estimate of drug-likeness (QED) is 0.760. The zero-order valence-corrected chi connectivity index (χ0v) is 10.9. The van der Waals surface area contributed by atoms with Crippen LogP contribution in [0, 0.1) is 0 Å². The molecule has 0 fully saturated rings. The van der Waals surface area contributed by atoms with Crippen LogP contribution in [0.2, 0.25) is 0 Å². The summed E-state index contributed by atoms with van der Waals surface area (Å²) in [4.78, 5) is 0. The van der Waals surface area contributed by atoms with E-state index in [4.69, 9.17) is 5.73 Å². The topological polar surface area (TPSA) is 55.5 Å². The normalized spacial score (nSPS) is 15.2. The van der Waals surface area contributed by atoms with Crippen LogP contribution in [0.4, 0.5) is 17.6 Å². The van der Waals surface area contributed by atoms with Gasteiger partial charge in [-0.3, -0.25) is 0 Å². The van der Waals surface area contributed by atoms with E-state index in [0.29, 0.717) is 12.0 Å². The molecule has 0 aliphatic heterocycles. The number of aliphatic hydroxyl groups excluding tert-OH is 1. The van der Waals surface area contributed by atoms with Crippen LogP contribution >= 0.6 is 0 Å². The number of rotatable bonds is 7. The lowest BCUT2D eigenvalue weighted by Crippen LogP contribution is -2.33. The van der Waals surface area contributed by atoms with Gasteiger partial charge in [0, 0.05) is 0 Å². The third-order valence-corrected chi connectivity index (χ3v) is 2.77. The van der Waals surface area contributed by atoms with Crippen molar-refractivity contribution >= 4 is 0 Å². The van der Waals surface area contributed by atoms with Crippen molar-refractivity contribution in [1.82, 2.24) is 0 Å². The lowest BCUT2D eigenvalue weighted by Gasteiger charge is -2.20. The van der Waals surface area contributed by atoms with Gasteiger partial charge in [-0.25, -0.2) is 0 Å². The van der Waals surface area contributed by atoms with Crippen LogP contribution in [-0.2, 0) is 0 Å². The predicted molar refractivity (Wildman–Crippen MR) is 65.9 cm³/mol. The lowest BCUT2D eigenvalue weighted by molar-refractivity contribution is -0.253. The highest BCUT2D eigenvalue weighted by Crippen LogP contribution is 2.28. The molecule has 0 amide bonds. The first-order valence-corrected chi connectivity index (χ1v) is 6.16. The summed E-state index contributed by atoms with van der Waals surface area (Å²) in [6, 6.07) is 4.29. The van der Waals surface area contributed by atoms with Crippen LogP contribution in [0.25, 0.3) is 0 Å². The number of hydrogen-bond donors (Lipinski definition) is 2. The highest BCUT2D eigenvalue weighted by atomic mass is 19.3. The van der Waals surface area contributed by atoms with Crippen molar-refractivity contribution in [2.75, 3.05) is 0 Å². The molecule has 0 radical (unpaired) electrons. The number of benzene rings is 1. The van der Waals surface area contributed by atoms with Crippen LogP contribution in [0.1, 0.15) is 31.4 Å². The molecular weight excluding hydrogens is 278 g/mol. The average Bonchev–Trinajstić information content (AvgIpc) is 2.38. The van der Waals surface area contributed by atoms with E-state index in [0.717, 1.165) is 18.6 Å². The molecule has 7 heteroatoms. The van der Waals surface area contributed by atoms with E-state index >= 15 is 0 Å². The van der Waals surface area contributed by atoms with Gasteiger partial charge in [-0.2, -0.15) is 17.6 Å². The minimum absolute atomic E-state index is 0.392. The molecule has 3 N–H and O–H groups in total. The second kappa shape index (κ2) is 6.90. The summed E-state index contributed by atoms with van der Waals surface area (Å²) in [5.41, 5.74) is 6.30. The average molecular weight is 295 g/mol. The number of halogens is 4. The van der Waals surface area contributed by atoms with Crippen molar-refractivity contribution in [3.8, 4) is 5.75 Å². The van der Waals surface area contributed by atoms with E-state index in [1.807, 2.05) is 6.92 Å². The molecule has 0 heterocycles. The number of alkyl halides is 4. The first-order valence-electron chi connectivity index (χ1n) is 6.16.